The predicted octanol–water partition coefficient (Wildman–Crippen LogP) is 0.309. The first-order chi connectivity index (χ1) is 7.61. The fourth-order valence-electron chi connectivity index (χ4n) is 1.65. The van der Waals surface area contributed by atoms with E-state index in [1.807, 2.05) is 0 Å². The Kier molecular flexibility index (Phi) is 5.25. The molecule has 0 heterocycles. The summed E-state index contributed by atoms with van der Waals surface area (Å²) in [7, 11) is 0. The minimum absolute atomic E-state index is 0.198. The van der Waals surface area contributed by atoms with Crippen LogP contribution in [0.5, 0.6) is 0 Å². The van der Waals surface area contributed by atoms with Gasteiger partial charge in [-0.2, -0.15) is 0 Å². The highest BCUT2D eigenvalue weighted by Crippen LogP contribution is 2.29. The average molecular weight is 228 g/mol. The van der Waals surface area contributed by atoms with Crippen molar-refractivity contribution in [3.05, 3.63) is 0 Å². The lowest BCUT2D eigenvalue weighted by Gasteiger charge is -2.20. The van der Waals surface area contributed by atoms with Crippen LogP contribution < -0.4 is 5.32 Å². The van der Waals surface area contributed by atoms with E-state index in [1.54, 1.807) is 0 Å². The third-order valence-corrected chi connectivity index (χ3v) is 2.56. The van der Waals surface area contributed by atoms with E-state index >= 15 is 0 Å². The number of carbonyl (C=O) groups is 2. The molecule has 1 aliphatic carbocycles. The second-order valence-electron chi connectivity index (χ2n) is 4.35. The van der Waals surface area contributed by atoms with Crippen molar-refractivity contribution in [1.29, 1.82) is 0 Å². The van der Waals surface area contributed by atoms with Gasteiger partial charge in [0.1, 0.15) is 6.54 Å². The van der Waals surface area contributed by atoms with Crippen LogP contribution in [-0.2, 0) is 9.59 Å². The van der Waals surface area contributed by atoms with Gasteiger partial charge in [-0.15, -0.1) is 0 Å². The number of carbonyl (C=O) groups excluding carboxylic acids is 1. The van der Waals surface area contributed by atoms with Gasteiger partial charge in [0.15, 0.2) is 0 Å². The van der Waals surface area contributed by atoms with Gasteiger partial charge < -0.3 is 10.4 Å². The van der Waals surface area contributed by atoms with Crippen molar-refractivity contribution < 1.29 is 14.7 Å². The Hall–Kier alpha value is -1.10. The molecule has 0 radical (unpaired) electrons. The van der Waals surface area contributed by atoms with Crippen LogP contribution >= 0.6 is 0 Å². The molecule has 1 fully saturated rings. The van der Waals surface area contributed by atoms with Crippen LogP contribution in [0.3, 0.4) is 0 Å². The van der Waals surface area contributed by atoms with Gasteiger partial charge in [0.05, 0.1) is 6.54 Å². The first-order valence-electron chi connectivity index (χ1n) is 5.82. The number of aliphatic carboxylic acids is 1. The molecule has 0 atom stereocenters. The van der Waals surface area contributed by atoms with E-state index in [0.717, 1.165) is 25.4 Å². The normalized spacial score (nSPS) is 15.1. The summed E-state index contributed by atoms with van der Waals surface area (Å²) >= 11 is 0. The van der Waals surface area contributed by atoms with Crippen LogP contribution in [0.4, 0.5) is 0 Å². The maximum absolute atomic E-state index is 11.4. The summed E-state index contributed by atoms with van der Waals surface area (Å²) in [6, 6.07) is 0. The van der Waals surface area contributed by atoms with Gasteiger partial charge in [-0.3, -0.25) is 14.5 Å². The van der Waals surface area contributed by atoms with E-state index in [4.69, 9.17) is 5.11 Å². The topological polar surface area (TPSA) is 69.6 Å². The first-order valence-corrected chi connectivity index (χ1v) is 5.82. The molecule has 92 valence electrons. The molecular weight excluding hydrogens is 208 g/mol. The summed E-state index contributed by atoms with van der Waals surface area (Å²) in [5.74, 6) is -0.451. The molecule has 0 unspecified atom stereocenters. The van der Waals surface area contributed by atoms with Gasteiger partial charge in [0.25, 0.3) is 0 Å². The Morgan fingerprint density at radius 2 is 2.12 bits per heavy atom. The summed E-state index contributed by atoms with van der Waals surface area (Å²) in [5, 5.41) is 10.8. The molecule has 0 bridgehead atoms. The molecule has 0 aromatic rings. The lowest BCUT2D eigenvalue weighted by atomic mass is 10.3. The maximum Gasteiger partial charge on any atom is 0.322 e. The van der Waals surface area contributed by atoms with Gasteiger partial charge >= 0.3 is 5.97 Å². The van der Waals surface area contributed by atoms with E-state index in [2.05, 4.69) is 17.1 Å². The number of nitrogens with one attached hydrogen (secondary N) is 1. The van der Waals surface area contributed by atoms with Crippen molar-refractivity contribution >= 4 is 11.9 Å². The van der Waals surface area contributed by atoms with E-state index in [0.29, 0.717) is 6.54 Å². The van der Waals surface area contributed by atoms with Crippen LogP contribution in [0.1, 0.15) is 26.2 Å². The van der Waals surface area contributed by atoms with Crippen LogP contribution in [0, 0.1) is 5.92 Å². The summed E-state index contributed by atoms with van der Waals surface area (Å²) in [5.41, 5.74) is 0. The molecule has 1 rings (SSSR count). The Balaban J connectivity index is 2.22. The van der Waals surface area contributed by atoms with E-state index in [1.165, 1.54) is 12.8 Å². The first kappa shape index (κ1) is 13.0. The molecular formula is C11H20N2O3. The zero-order valence-electron chi connectivity index (χ0n) is 9.74. The molecule has 0 aromatic carbocycles. The number of amides is 1. The molecule has 5 heteroatoms. The highest BCUT2D eigenvalue weighted by atomic mass is 16.4. The van der Waals surface area contributed by atoms with Crippen LogP contribution in [0.25, 0.3) is 0 Å². The van der Waals surface area contributed by atoms with E-state index < -0.39 is 5.97 Å². The van der Waals surface area contributed by atoms with E-state index in [-0.39, 0.29) is 12.5 Å². The molecule has 5 nitrogen and oxygen atoms in total. The second kappa shape index (κ2) is 6.48. The summed E-state index contributed by atoms with van der Waals surface area (Å²) in [6.07, 6.45) is 3.53. The SMILES string of the molecule is CCCN(CC(=O)NCC(=O)O)CC1CC1. The Morgan fingerprint density at radius 1 is 1.44 bits per heavy atom. The summed E-state index contributed by atoms with van der Waals surface area (Å²) in [4.78, 5) is 23.8. The van der Waals surface area contributed by atoms with Crippen molar-refractivity contribution in [2.75, 3.05) is 26.2 Å². The quantitative estimate of drug-likeness (QED) is 0.627. The molecule has 2 N–H and O–H groups in total. The van der Waals surface area contributed by atoms with Gasteiger partial charge in [0.2, 0.25) is 5.91 Å². The van der Waals surface area contributed by atoms with Crippen molar-refractivity contribution in [3.63, 3.8) is 0 Å². The average Bonchev–Trinajstić information content (AvgIpc) is 2.99. The van der Waals surface area contributed by atoms with E-state index in [9.17, 15) is 9.59 Å². The Bertz CT molecular complexity index is 252. The third-order valence-electron chi connectivity index (χ3n) is 2.56. The molecule has 0 spiro atoms. The van der Waals surface area contributed by atoms with Crippen LogP contribution in [0.15, 0.2) is 0 Å². The number of nitrogens with zero attached hydrogens (tertiary/aromatic N) is 1. The van der Waals surface area contributed by atoms with Gasteiger partial charge in [0, 0.05) is 6.54 Å². The number of hydrogen-bond donors (Lipinski definition) is 2. The highest BCUT2D eigenvalue weighted by Gasteiger charge is 2.24. The molecule has 0 saturated heterocycles. The molecule has 1 aliphatic rings. The zero-order valence-corrected chi connectivity index (χ0v) is 9.74. The zero-order chi connectivity index (χ0) is 12.0. The van der Waals surface area contributed by atoms with Gasteiger partial charge in [-0.05, 0) is 31.7 Å². The van der Waals surface area contributed by atoms with Crippen molar-refractivity contribution in [1.82, 2.24) is 10.2 Å². The Labute approximate surface area is 95.8 Å². The summed E-state index contributed by atoms with van der Waals surface area (Å²) < 4.78 is 0. The molecule has 1 saturated carbocycles. The highest BCUT2D eigenvalue weighted by molar-refractivity contribution is 5.82. The standard InChI is InChI=1S/C11H20N2O3/c1-2-5-13(7-9-3-4-9)8-10(14)12-6-11(15)16/h9H,2-8H2,1H3,(H,12,14)(H,15,16). The fourth-order valence-corrected chi connectivity index (χ4v) is 1.65. The largest absolute Gasteiger partial charge is 0.480 e. The van der Waals surface area contributed by atoms with Gasteiger partial charge in [-0.1, -0.05) is 6.92 Å². The Morgan fingerprint density at radius 3 is 2.62 bits per heavy atom. The molecule has 0 aliphatic heterocycles. The lowest BCUT2D eigenvalue weighted by Crippen LogP contribution is -2.40. The fraction of sp³-hybridized carbons (Fsp3) is 0.818. The van der Waals surface area contributed by atoms with Crippen molar-refractivity contribution in [2.45, 2.75) is 26.2 Å². The van der Waals surface area contributed by atoms with Crippen LogP contribution in [0.2, 0.25) is 0 Å². The molecule has 1 amide bonds. The predicted molar refractivity (Wildman–Crippen MR) is 60.1 cm³/mol. The maximum atomic E-state index is 11.4. The second-order valence-corrected chi connectivity index (χ2v) is 4.35. The third kappa shape index (κ3) is 5.70. The lowest BCUT2D eigenvalue weighted by molar-refractivity contribution is -0.138. The smallest absolute Gasteiger partial charge is 0.322 e. The number of carboxylic acid groups (broad SMARTS) is 1. The van der Waals surface area contributed by atoms with Gasteiger partial charge in [-0.25, -0.2) is 0 Å². The van der Waals surface area contributed by atoms with Crippen molar-refractivity contribution in [3.8, 4) is 0 Å². The monoisotopic (exact) mass is 228 g/mol. The summed E-state index contributed by atoms with van der Waals surface area (Å²) in [6.45, 7) is 3.97. The number of hydrogen-bond acceptors (Lipinski definition) is 3. The number of carboxylic acids is 1. The van der Waals surface area contributed by atoms with Crippen molar-refractivity contribution in [2.24, 2.45) is 5.92 Å². The molecule has 16 heavy (non-hydrogen) atoms. The minimum atomic E-state index is -1.00. The number of rotatable bonds is 8. The van der Waals surface area contributed by atoms with Crippen LogP contribution in [-0.4, -0.2) is 48.1 Å². The minimum Gasteiger partial charge on any atom is -0.480 e. The molecule has 0 aromatic heterocycles.